The normalized spacial score (nSPS) is 41.7. The molecular weight excluding hydrogens is 282 g/mol. The quantitative estimate of drug-likeness (QED) is 0.743. The molecule has 2 aliphatic carbocycles. The third kappa shape index (κ3) is 1.46. The molecule has 2 bridgehead atoms. The average Bonchev–Trinajstić information content (AvgIpc) is 2.83. The highest BCUT2D eigenvalue weighted by atomic mass is 32.2. The zero-order valence-corrected chi connectivity index (χ0v) is 12.8. The zero-order valence-electron chi connectivity index (χ0n) is 12.0. The van der Waals surface area contributed by atoms with Gasteiger partial charge in [0, 0.05) is 12.5 Å². The minimum absolute atomic E-state index is 0.0103. The van der Waals surface area contributed by atoms with E-state index in [1.807, 2.05) is 0 Å². The third-order valence-corrected chi connectivity index (χ3v) is 7.98. The molecule has 2 unspecified atom stereocenters. The van der Waals surface area contributed by atoms with Crippen LogP contribution in [0.5, 0.6) is 0 Å². The Bertz CT molecular complexity index is 557. The lowest BCUT2D eigenvalue weighted by molar-refractivity contribution is -0.161. The predicted molar refractivity (Wildman–Crippen MR) is 71.0 cm³/mol. The number of aliphatic hydroxyl groups is 1. The number of hydrogen-bond acceptors (Lipinski definition) is 5. The van der Waals surface area contributed by atoms with Crippen molar-refractivity contribution < 1.29 is 23.1 Å². The molecule has 0 aromatic heterocycles. The van der Waals surface area contributed by atoms with Crippen LogP contribution in [0.1, 0.15) is 33.1 Å². The van der Waals surface area contributed by atoms with Crippen LogP contribution < -0.4 is 0 Å². The van der Waals surface area contributed by atoms with Crippen molar-refractivity contribution >= 4 is 15.9 Å². The molecule has 6 nitrogen and oxygen atoms in total. The van der Waals surface area contributed by atoms with Gasteiger partial charge in [0.15, 0.2) is 0 Å². The predicted octanol–water partition coefficient (Wildman–Crippen LogP) is 0.318. The van der Waals surface area contributed by atoms with Gasteiger partial charge in [0.05, 0.1) is 11.8 Å². The van der Waals surface area contributed by atoms with Crippen LogP contribution in [0.3, 0.4) is 0 Å². The van der Waals surface area contributed by atoms with Crippen molar-refractivity contribution in [3.05, 3.63) is 0 Å². The largest absolute Gasteiger partial charge is 0.360 e. The Kier molecular flexibility index (Phi) is 2.82. The van der Waals surface area contributed by atoms with Crippen molar-refractivity contribution in [2.75, 3.05) is 12.9 Å². The third-order valence-electron chi connectivity index (χ3n) is 6.06. The molecule has 1 aliphatic heterocycles. The van der Waals surface area contributed by atoms with Crippen molar-refractivity contribution in [1.82, 2.24) is 4.31 Å². The van der Waals surface area contributed by atoms with Gasteiger partial charge in [-0.25, -0.2) is 12.7 Å². The molecule has 4 atom stereocenters. The van der Waals surface area contributed by atoms with E-state index in [4.69, 9.17) is 0 Å². The number of sulfonamides is 1. The van der Waals surface area contributed by atoms with E-state index in [1.165, 1.54) is 7.11 Å². The van der Waals surface area contributed by atoms with E-state index in [-0.39, 0.29) is 22.6 Å². The van der Waals surface area contributed by atoms with E-state index in [0.717, 1.165) is 17.1 Å². The van der Waals surface area contributed by atoms with Gasteiger partial charge < -0.3 is 9.84 Å². The molecule has 114 valence electrons. The van der Waals surface area contributed by atoms with E-state index in [1.54, 1.807) is 0 Å². The number of rotatable bonds is 2. The molecule has 7 heteroatoms. The fourth-order valence-corrected chi connectivity index (χ4v) is 7.33. The molecule has 1 N–H and O–H groups in total. The number of ether oxygens (including phenoxy) is 1. The van der Waals surface area contributed by atoms with Crippen LogP contribution in [0.2, 0.25) is 0 Å². The molecule has 1 amide bonds. The van der Waals surface area contributed by atoms with E-state index in [2.05, 4.69) is 18.6 Å². The second kappa shape index (κ2) is 3.96. The standard InChI is InChI=1S/C13H21NO5S/c1-12(2)8-4-5-13(12)7-20(17,18)14(9(13)6-8)10(15)11(16)19-3/h8-9,11,16H,4-7H2,1-3H3/t8?,9-,11+,13?/m1/s1. The van der Waals surface area contributed by atoms with Gasteiger partial charge in [0.1, 0.15) is 0 Å². The maximum absolute atomic E-state index is 12.4. The highest BCUT2D eigenvalue weighted by Gasteiger charge is 2.72. The molecule has 1 heterocycles. The molecule has 0 aromatic rings. The second-order valence-corrected chi connectivity index (χ2v) is 8.69. The minimum Gasteiger partial charge on any atom is -0.360 e. The summed E-state index contributed by atoms with van der Waals surface area (Å²) in [5, 5.41) is 9.56. The Labute approximate surface area is 119 Å². The van der Waals surface area contributed by atoms with Crippen LogP contribution in [-0.4, -0.2) is 48.9 Å². The number of carbonyl (C=O) groups is 1. The number of hydrogen-bond donors (Lipinski definition) is 1. The lowest BCUT2D eigenvalue weighted by atomic mass is 9.69. The van der Waals surface area contributed by atoms with Gasteiger partial charge in [-0.05, 0) is 30.6 Å². The van der Waals surface area contributed by atoms with Gasteiger partial charge in [-0.2, -0.15) is 0 Å². The number of aliphatic hydroxyl groups excluding tert-OH is 1. The molecule has 2 saturated carbocycles. The molecule has 1 saturated heterocycles. The number of carbonyl (C=O) groups excluding carboxylic acids is 1. The maximum atomic E-state index is 12.4. The van der Waals surface area contributed by atoms with Crippen LogP contribution in [0.4, 0.5) is 0 Å². The van der Waals surface area contributed by atoms with Crippen molar-refractivity contribution in [2.45, 2.75) is 45.4 Å². The summed E-state index contributed by atoms with van der Waals surface area (Å²) in [6, 6.07) is -0.321. The number of amides is 1. The molecule has 3 fully saturated rings. The van der Waals surface area contributed by atoms with Gasteiger partial charge >= 0.3 is 0 Å². The average molecular weight is 303 g/mol. The Morgan fingerprint density at radius 3 is 2.65 bits per heavy atom. The molecule has 20 heavy (non-hydrogen) atoms. The molecule has 0 aromatic carbocycles. The van der Waals surface area contributed by atoms with Crippen molar-refractivity contribution in [1.29, 1.82) is 0 Å². The van der Waals surface area contributed by atoms with Gasteiger partial charge in [0.25, 0.3) is 5.91 Å². The lowest BCUT2D eigenvalue weighted by Gasteiger charge is -2.37. The first-order valence-corrected chi connectivity index (χ1v) is 8.55. The molecule has 3 rings (SSSR count). The smallest absolute Gasteiger partial charge is 0.293 e. The monoisotopic (exact) mass is 303 g/mol. The van der Waals surface area contributed by atoms with E-state index in [0.29, 0.717) is 12.3 Å². The van der Waals surface area contributed by atoms with Crippen LogP contribution in [0.25, 0.3) is 0 Å². The van der Waals surface area contributed by atoms with Crippen LogP contribution in [0.15, 0.2) is 0 Å². The van der Waals surface area contributed by atoms with E-state index >= 15 is 0 Å². The summed E-state index contributed by atoms with van der Waals surface area (Å²) in [5.41, 5.74) is -0.447. The second-order valence-electron chi connectivity index (χ2n) is 6.84. The fraction of sp³-hybridized carbons (Fsp3) is 0.923. The highest BCUT2D eigenvalue weighted by Crippen LogP contribution is 2.69. The van der Waals surface area contributed by atoms with Gasteiger partial charge in [-0.3, -0.25) is 4.79 Å². The molecule has 1 spiro atoms. The summed E-state index contributed by atoms with van der Waals surface area (Å²) in [5.74, 6) is -0.396. The first-order valence-electron chi connectivity index (χ1n) is 6.94. The van der Waals surface area contributed by atoms with E-state index < -0.39 is 22.2 Å². The summed E-state index contributed by atoms with van der Waals surface area (Å²) in [7, 11) is -2.49. The Balaban J connectivity index is 2.05. The first-order chi connectivity index (χ1) is 9.17. The number of fused-ring (bicyclic) bond motifs is 1. The van der Waals surface area contributed by atoms with Crippen molar-refractivity contribution in [2.24, 2.45) is 16.7 Å². The molecule has 3 aliphatic rings. The molecular formula is C13H21NO5S. The number of methoxy groups -OCH3 is 1. The van der Waals surface area contributed by atoms with Crippen LogP contribution in [-0.2, 0) is 19.6 Å². The summed E-state index contributed by atoms with van der Waals surface area (Å²) in [6.45, 7) is 4.22. The van der Waals surface area contributed by atoms with Crippen molar-refractivity contribution in [3.8, 4) is 0 Å². The minimum atomic E-state index is -3.67. The lowest BCUT2D eigenvalue weighted by Crippen LogP contribution is -2.48. The summed E-state index contributed by atoms with van der Waals surface area (Å²) in [4.78, 5) is 12.2. The van der Waals surface area contributed by atoms with Crippen LogP contribution >= 0.6 is 0 Å². The number of nitrogens with zero attached hydrogens (tertiary/aromatic N) is 1. The van der Waals surface area contributed by atoms with E-state index in [9.17, 15) is 18.3 Å². The fourth-order valence-electron chi connectivity index (χ4n) is 4.79. The summed E-state index contributed by atoms with van der Waals surface area (Å²) < 4.78 is 30.4. The Morgan fingerprint density at radius 2 is 2.10 bits per heavy atom. The SMILES string of the molecule is CO[C@H](O)C(=O)N1[C@@H]2CC3CCC2(CS1(=O)=O)C3(C)C. The van der Waals surface area contributed by atoms with Crippen molar-refractivity contribution in [3.63, 3.8) is 0 Å². The van der Waals surface area contributed by atoms with Crippen LogP contribution in [0, 0.1) is 16.7 Å². The Morgan fingerprint density at radius 1 is 1.45 bits per heavy atom. The van der Waals surface area contributed by atoms with Gasteiger partial charge in [-0.15, -0.1) is 0 Å². The summed E-state index contributed by atoms with van der Waals surface area (Å²) >= 11 is 0. The molecule has 0 radical (unpaired) electrons. The maximum Gasteiger partial charge on any atom is 0.293 e. The van der Waals surface area contributed by atoms with Gasteiger partial charge in [0.2, 0.25) is 16.3 Å². The summed E-state index contributed by atoms with van der Waals surface area (Å²) in [6.07, 6.45) is 0.853. The van der Waals surface area contributed by atoms with Gasteiger partial charge in [-0.1, -0.05) is 13.8 Å². The first kappa shape index (κ1) is 14.3. The highest BCUT2D eigenvalue weighted by molar-refractivity contribution is 7.90. The zero-order chi connectivity index (χ0) is 14.9. The topological polar surface area (TPSA) is 83.9 Å². The Hall–Kier alpha value is -0.660.